The summed E-state index contributed by atoms with van der Waals surface area (Å²) >= 11 is 0. The Kier molecular flexibility index (Phi) is 3.97. The molecule has 0 radical (unpaired) electrons. The highest BCUT2D eigenvalue weighted by Gasteiger charge is 2.30. The lowest BCUT2D eigenvalue weighted by molar-refractivity contribution is 0.136. The summed E-state index contributed by atoms with van der Waals surface area (Å²) in [5, 5.41) is 13.1. The molecule has 1 aliphatic rings. The highest BCUT2D eigenvalue weighted by atomic mass is 19.3. The zero-order valence-corrected chi connectivity index (χ0v) is 12.0. The summed E-state index contributed by atoms with van der Waals surface area (Å²) in [6.45, 7) is 0.374. The summed E-state index contributed by atoms with van der Waals surface area (Å²) in [5.41, 5.74) is 1.29. The van der Waals surface area contributed by atoms with E-state index in [1.54, 1.807) is 12.1 Å². The number of carbonyl (C=O) groups is 1. The van der Waals surface area contributed by atoms with Crippen molar-refractivity contribution in [3.05, 3.63) is 52.6 Å². The maximum absolute atomic E-state index is 13.2. The van der Waals surface area contributed by atoms with E-state index in [-0.39, 0.29) is 37.6 Å². The summed E-state index contributed by atoms with van der Waals surface area (Å²) in [6, 6.07) is 5.65. The predicted octanol–water partition coefficient (Wildman–Crippen LogP) is 3.04. The van der Waals surface area contributed by atoms with Crippen LogP contribution in [0.25, 0.3) is 0 Å². The number of nitrogens with zero attached hydrogens (tertiary/aromatic N) is 3. The van der Waals surface area contributed by atoms with Crippen LogP contribution in [0.2, 0.25) is 0 Å². The molecule has 3 rings (SSSR count). The molecule has 23 heavy (non-hydrogen) atoms. The fourth-order valence-electron chi connectivity index (χ4n) is 2.74. The molecular weight excluding hydrogens is 311 g/mol. The molecule has 1 amide bonds. The minimum atomic E-state index is -2.71. The van der Waals surface area contributed by atoms with Gasteiger partial charge in [0.2, 0.25) is 0 Å². The maximum Gasteiger partial charge on any atom is 0.407 e. The highest BCUT2D eigenvalue weighted by molar-refractivity contribution is 5.65. The standard InChI is InChI=1S/C15H14F3N3O2/c16-10-3-1-9(2-4-10)7-21-12-8-20(15(22)23)6-5-11(12)13(19-21)14(17)18/h1-4,14H,5-8H2,(H,22,23). The first-order valence-electron chi connectivity index (χ1n) is 7.04. The van der Waals surface area contributed by atoms with Crippen molar-refractivity contribution < 1.29 is 23.1 Å². The first-order valence-corrected chi connectivity index (χ1v) is 7.04. The average molecular weight is 325 g/mol. The summed E-state index contributed by atoms with van der Waals surface area (Å²) in [7, 11) is 0. The van der Waals surface area contributed by atoms with Crippen LogP contribution in [0.15, 0.2) is 24.3 Å². The number of carboxylic acid groups (broad SMARTS) is 1. The molecule has 0 spiro atoms. The van der Waals surface area contributed by atoms with Gasteiger partial charge in [-0.2, -0.15) is 5.10 Å². The molecule has 2 heterocycles. The third-order valence-electron chi connectivity index (χ3n) is 3.89. The fraction of sp³-hybridized carbons (Fsp3) is 0.333. The molecule has 0 aliphatic carbocycles. The predicted molar refractivity (Wildman–Crippen MR) is 74.8 cm³/mol. The topological polar surface area (TPSA) is 58.4 Å². The van der Waals surface area contributed by atoms with Crippen molar-refractivity contribution in [2.45, 2.75) is 25.9 Å². The number of halogens is 3. The van der Waals surface area contributed by atoms with Crippen molar-refractivity contribution in [1.82, 2.24) is 14.7 Å². The quantitative estimate of drug-likeness (QED) is 0.943. The van der Waals surface area contributed by atoms with E-state index < -0.39 is 12.5 Å². The number of rotatable bonds is 3. The summed E-state index contributed by atoms with van der Waals surface area (Å²) < 4.78 is 40.7. The fourth-order valence-corrected chi connectivity index (χ4v) is 2.74. The van der Waals surface area contributed by atoms with Crippen LogP contribution in [0.5, 0.6) is 0 Å². The molecule has 5 nitrogen and oxygen atoms in total. The third kappa shape index (κ3) is 3.01. The van der Waals surface area contributed by atoms with Gasteiger partial charge >= 0.3 is 6.09 Å². The second-order valence-electron chi connectivity index (χ2n) is 5.35. The SMILES string of the molecule is O=C(O)N1CCc2c(C(F)F)nn(Cc3ccc(F)cc3)c2C1. The van der Waals surface area contributed by atoms with Gasteiger partial charge in [-0.1, -0.05) is 12.1 Å². The van der Waals surface area contributed by atoms with Gasteiger partial charge in [-0.3, -0.25) is 4.68 Å². The number of alkyl halides is 2. The number of benzene rings is 1. The molecule has 0 saturated carbocycles. The van der Waals surface area contributed by atoms with Crippen LogP contribution in [0.4, 0.5) is 18.0 Å². The van der Waals surface area contributed by atoms with Gasteiger partial charge < -0.3 is 10.0 Å². The Morgan fingerprint density at radius 1 is 1.30 bits per heavy atom. The van der Waals surface area contributed by atoms with E-state index in [4.69, 9.17) is 5.11 Å². The Bertz CT molecular complexity index is 728. The van der Waals surface area contributed by atoms with Gasteiger partial charge in [0.25, 0.3) is 6.43 Å². The minimum absolute atomic E-state index is 0.0194. The third-order valence-corrected chi connectivity index (χ3v) is 3.89. The molecule has 8 heteroatoms. The van der Waals surface area contributed by atoms with Gasteiger partial charge in [-0.25, -0.2) is 18.0 Å². The van der Waals surface area contributed by atoms with E-state index in [1.807, 2.05) is 0 Å². The number of aromatic nitrogens is 2. The Morgan fingerprint density at radius 2 is 2.00 bits per heavy atom. The zero-order chi connectivity index (χ0) is 16.6. The summed E-state index contributed by atoms with van der Waals surface area (Å²) in [4.78, 5) is 12.3. The van der Waals surface area contributed by atoms with Gasteiger partial charge in [0.1, 0.15) is 11.5 Å². The second-order valence-corrected chi connectivity index (χ2v) is 5.35. The van der Waals surface area contributed by atoms with Crippen molar-refractivity contribution in [2.75, 3.05) is 6.54 Å². The van der Waals surface area contributed by atoms with E-state index in [2.05, 4.69) is 5.10 Å². The van der Waals surface area contributed by atoms with Gasteiger partial charge in [0.15, 0.2) is 0 Å². The van der Waals surface area contributed by atoms with Gasteiger partial charge in [0.05, 0.1) is 18.8 Å². The van der Waals surface area contributed by atoms with Crippen molar-refractivity contribution in [3.63, 3.8) is 0 Å². The molecule has 0 unspecified atom stereocenters. The van der Waals surface area contributed by atoms with E-state index in [0.29, 0.717) is 16.8 Å². The van der Waals surface area contributed by atoms with Gasteiger partial charge in [-0.05, 0) is 24.1 Å². The van der Waals surface area contributed by atoms with Gasteiger partial charge in [0, 0.05) is 12.1 Å². The van der Waals surface area contributed by atoms with Crippen LogP contribution < -0.4 is 0 Å². The number of hydrogen-bond donors (Lipinski definition) is 1. The second kappa shape index (κ2) is 5.94. The monoisotopic (exact) mass is 325 g/mol. The lowest BCUT2D eigenvalue weighted by Gasteiger charge is -2.25. The van der Waals surface area contributed by atoms with Crippen LogP contribution in [0.3, 0.4) is 0 Å². The molecule has 0 atom stereocenters. The van der Waals surface area contributed by atoms with Crippen molar-refractivity contribution in [2.24, 2.45) is 0 Å². The Morgan fingerprint density at radius 3 is 2.61 bits per heavy atom. The van der Waals surface area contributed by atoms with Crippen molar-refractivity contribution in [1.29, 1.82) is 0 Å². The minimum Gasteiger partial charge on any atom is -0.465 e. The lowest BCUT2D eigenvalue weighted by atomic mass is 10.0. The first kappa shape index (κ1) is 15.4. The molecule has 0 saturated heterocycles. The van der Waals surface area contributed by atoms with Crippen LogP contribution >= 0.6 is 0 Å². The van der Waals surface area contributed by atoms with Crippen molar-refractivity contribution >= 4 is 6.09 Å². The smallest absolute Gasteiger partial charge is 0.407 e. The van der Waals surface area contributed by atoms with Crippen LogP contribution in [0.1, 0.15) is 28.9 Å². The molecule has 122 valence electrons. The number of amides is 1. The molecule has 0 fully saturated rings. The average Bonchev–Trinajstić information content (AvgIpc) is 2.88. The van der Waals surface area contributed by atoms with Crippen LogP contribution in [-0.2, 0) is 19.5 Å². The molecule has 1 N–H and O–H groups in total. The molecular formula is C15H14F3N3O2. The molecule has 1 aliphatic heterocycles. The Balaban J connectivity index is 1.96. The first-order chi connectivity index (χ1) is 11.0. The molecule has 2 aromatic rings. The largest absolute Gasteiger partial charge is 0.465 e. The van der Waals surface area contributed by atoms with Crippen molar-refractivity contribution in [3.8, 4) is 0 Å². The van der Waals surface area contributed by atoms with Crippen LogP contribution in [-0.4, -0.2) is 32.4 Å². The molecule has 1 aromatic heterocycles. The number of fused-ring (bicyclic) bond motifs is 1. The zero-order valence-electron chi connectivity index (χ0n) is 12.0. The highest BCUT2D eigenvalue weighted by Crippen LogP contribution is 2.29. The van der Waals surface area contributed by atoms with Gasteiger partial charge in [-0.15, -0.1) is 0 Å². The van der Waals surface area contributed by atoms with E-state index in [1.165, 1.54) is 21.7 Å². The van der Waals surface area contributed by atoms with Crippen LogP contribution in [0, 0.1) is 5.82 Å². The Labute approximate surface area is 129 Å². The molecule has 0 bridgehead atoms. The normalized spacial score (nSPS) is 14.2. The lowest BCUT2D eigenvalue weighted by Crippen LogP contribution is -2.35. The van der Waals surface area contributed by atoms with E-state index >= 15 is 0 Å². The summed E-state index contributed by atoms with van der Waals surface area (Å²) in [5.74, 6) is -0.387. The summed E-state index contributed by atoms with van der Waals surface area (Å²) in [6.07, 6.45) is -3.59. The molecule has 1 aromatic carbocycles. The maximum atomic E-state index is 13.2. The number of hydrogen-bond acceptors (Lipinski definition) is 2. The van der Waals surface area contributed by atoms with E-state index in [9.17, 15) is 18.0 Å². The van der Waals surface area contributed by atoms with E-state index in [0.717, 1.165) is 0 Å². The Hall–Kier alpha value is -2.51.